The Hall–Kier alpha value is -1.80. The van der Waals surface area contributed by atoms with Gasteiger partial charge in [-0.2, -0.15) is 0 Å². The predicted octanol–water partition coefficient (Wildman–Crippen LogP) is 2.94. The van der Waals surface area contributed by atoms with E-state index in [0.29, 0.717) is 12.6 Å². The van der Waals surface area contributed by atoms with Crippen LogP contribution in [0, 0.1) is 0 Å². The van der Waals surface area contributed by atoms with Gasteiger partial charge >= 0.3 is 0 Å². The number of nitrogens with one attached hydrogen (secondary N) is 1. The lowest BCUT2D eigenvalue weighted by Gasteiger charge is -2.34. The maximum Gasteiger partial charge on any atom is 0.130 e. The van der Waals surface area contributed by atoms with Gasteiger partial charge < -0.3 is 24.3 Å². The molecule has 2 heterocycles. The Morgan fingerprint density at radius 2 is 1.81 bits per heavy atom. The third-order valence-corrected chi connectivity index (χ3v) is 5.79. The summed E-state index contributed by atoms with van der Waals surface area (Å²) in [5.41, 5.74) is 0.993. The molecule has 1 aliphatic heterocycles. The summed E-state index contributed by atoms with van der Waals surface area (Å²) in [7, 11) is 4.97. The largest absolute Gasteiger partial charge is 0.496 e. The van der Waals surface area contributed by atoms with E-state index in [1.54, 1.807) is 32.7 Å². The summed E-state index contributed by atoms with van der Waals surface area (Å²) in [6, 6.07) is 8.43. The molecule has 1 N–H and O–H groups in total. The maximum atomic E-state index is 5.55. The molecule has 0 spiro atoms. The zero-order valence-electron chi connectivity index (χ0n) is 16.2. The lowest BCUT2D eigenvalue weighted by molar-refractivity contribution is 0.0168. The Balaban J connectivity index is 1.71. The molecule has 0 bridgehead atoms. The monoisotopic (exact) mass is 392 g/mol. The molecular weight excluding hydrogens is 364 g/mol. The Labute approximate surface area is 165 Å². The van der Waals surface area contributed by atoms with Crippen molar-refractivity contribution >= 4 is 11.3 Å². The highest BCUT2D eigenvalue weighted by molar-refractivity contribution is 7.10. The highest BCUT2D eigenvalue weighted by Crippen LogP contribution is 2.34. The van der Waals surface area contributed by atoms with Gasteiger partial charge in [0.25, 0.3) is 0 Å². The molecule has 0 radical (unpaired) electrons. The number of rotatable bonds is 9. The van der Waals surface area contributed by atoms with E-state index < -0.39 is 0 Å². The minimum absolute atomic E-state index is 0.337. The van der Waals surface area contributed by atoms with Crippen LogP contribution in [0.15, 0.2) is 29.6 Å². The van der Waals surface area contributed by atoms with Gasteiger partial charge in [-0.25, -0.2) is 0 Å². The lowest BCUT2D eigenvalue weighted by atomic mass is 10.1. The molecule has 1 aliphatic rings. The Morgan fingerprint density at radius 1 is 1.11 bits per heavy atom. The van der Waals surface area contributed by atoms with Gasteiger partial charge in [0.1, 0.15) is 17.2 Å². The zero-order chi connectivity index (χ0) is 19.1. The van der Waals surface area contributed by atoms with E-state index >= 15 is 0 Å². The van der Waals surface area contributed by atoms with Gasteiger partial charge in [0.2, 0.25) is 0 Å². The first-order valence-electron chi connectivity index (χ1n) is 9.11. The van der Waals surface area contributed by atoms with E-state index in [0.717, 1.165) is 55.7 Å². The number of nitrogens with zero attached hydrogens (tertiary/aromatic N) is 1. The Bertz CT molecular complexity index is 677. The summed E-state index contributed by atoms with van der Waals surface area (Å²) in [6.07, 6.45) is 0. The van der Waals surface area contributed by atoms with Crippen molar-refractivity contribution in [2.24, 2.45) is 0 Å². The second-order valence-corrected chi connectivity index (χ2v) is 7.30. The highest BCUT2D eigenvalue weighted by atomic mass is 32.1. The highest BCUT2D eigenvalue weighted by Gasteiger charge is 2.23. The number of ether oxygens (including phenoxy) is 4. The van der Waals surface area contributed by atoms with Crippen LogP contribution in [0.4, 0.5) is 0 Å². The Kier molecular flexibility index (Phi) is 7.34. The van der Waals surface area contributed by atoms with Crippen LogP contribution in [0.25, 0.3) is 0 Å². The van der Waals surface area contributed by atoms with Crippen LogP contribution in [0.3, 0.4) is 0 Å². The molecule has 0 unspecified atom stereocenters. The second kappa shape index (κ2) is 9.94. The average Bonchev–Trinajstić information content (AvgIpc) is 3.25. The van der Waals surface area contributed by atoms with E-state index in [1.807, 2.05) is 12.1 Å². The average molecular weight is 393 g/mol. The second-order valence-electron chi connectivity index (χ2n) is 6.32. The van der Waals surface area contributed by atoms with Crippen LogP contribution in [0.5, 0.6) is 17.2 Å². The third-order valence-electron chi connectivity index (χ3n) is 4.81. The van der Waals surface area contributed by atoms with Crippen LogP contribution in [-0.2, 0) is 11.3 Å². The van der Waals surface area contributed by atoms with Crippen LogP contribution >= 0.6 is 11.3 Å². The lowest BCUT2D eigenvalue weighted by Crippen LogP contribution is -2.42. The van der Waals surface area contributed by atoms with Crippen LogP contribution in [0.2, 0.25) is 0 Å². The van der Waals surface area contributed by atoms with Crippen molar-refractivity contribution in [3.63, 3.8) is 0 Å². The van der Waals surface area contributed by atoms with Crippen LogP contribution in [0.1, 0.15) is 16.5 Å². The standard InChI is InChI=1S/C20H28N2O4S/c1-23-15-11-18(24-2)16(19(12-15)25-3)13-21-14-17(20-5-4-10-27-20)22-6-8-26-9-7-22/h4-5,10-12,17,21H,6-9,13-14H2,1-3H3/t17-/m1/s1. The summed E-state index contributed by atoms with van der Waals surface area (Å²) in [5.74, 6) is 2.24. The molecule has 148 valence electrons. The minimum Gasteiger partial charge on any atom is -0.496 e. The van der Waals surface area contributed by atoms with Crippen molar-refractivity contribution in [2.45, 2.75) is 12.6 Å². The van der Waals surface area contributed by atoms with Gasteiger partial charge in [0, 0.05) is 43.2 Å². The number of benzene rings is 1. The molecule has 1 saturated heterocycles. The van der Waals surface area contributed by atoms with Crippen molar-refractivity contribution in [2.75, 3.05) is 54.2 Å². The smallest absolute Gasteiger partial charge is 0.130 e. The number of methoxy groups -OCH3 is 3. The first-order valence-corrected chi connectivity index (χ1v) is 9.99. The number of morpholine rings is 1. The van der Waals surface area contributed by atoms with E-state index in [1.165, 1.54) is 4.88 Å². The molecule has 0 aliphatic carbocycles. The molecule has 1 fully saturated rings. The molecule has 0 amide bonds. The fourth-order valence-electron chi connectivity index (χ4n) is 3.37. The van der Waals surface area contributed by atoms with Crippen LogP contribution in [-0.4, -0.2) is 59.1 Å². The summed E-state index contributed by atoms with van der Waals surface area (Å²) >= 11 is 1.80. The van der Waals surface area contributed by atoms with E-state index in [9.17, 15) is 0 Å². The molecule has 3 rings (SSSR count). The summed E-state index contributed by atoms with van der Waals surface area (Å²) < 4.78 is 22.0. The topological polar surface area (TPSA) is 52.2 Å². The zero-order valence-corrected chi connectivity index (χ0v) is 17.0. The minimum atomic E-state index is 0.337. The van der Waals surface area contributed by atoms with Gasteiger partial charge in [-0.1, -0.05) is 6.07 Å². The van der Waals surface area contributed by atoms with Gasteiger partial charge in [0.15, 0.2) is 0 Å². The summed E-state index contributed by atoms with van der Waals surface area (Å²) in [4.78, 5) is 3.86. The van der Waals surface area contributed by atoms with E-state index in [-0.39, 0.29) is 0 Å². The first kappa shape index (κ1) is 19.9. The number of hydrogen-bond acceptors (Lipinski definition) is 7. The van der Waals surface area contributed by atoms with Crippen molar-refractivity contribution in [1.82, 2.24) is 10.2 Å². The molecule has 0 saturated carbocycles. The maximum absolute atomic E-state index is 5.55. The molecule has 2 aromatic rings. The number of hydrogen-bond donors (Lipinski definition) is 1. The van der Waals surface area contributed by atoms with Gasteiger partial charge in [-0.05, 0) is 11.4 Å². The quantitative estimate of drug-likeness (QED) is 0.708. The van der Waals surface area contributed by atoms with E-state index in [2.05, 4.69) is 27.7 Å². The third kappa shape index (κ3) is 4.93. The molecular formula is C20H28N2O4S. The van der Waals surface area contributed by atoms with Gasteiger partial charge in [-0.15, -0.1) is 11.3 Å². The van der Waals surface area contributed by atoms with Crippen molar-refractivity contribution in [1.29, 1.82) is 0 Å². The molecule has 1 aromatic heterocycles. The summed E-state index contributed by atoms with van der Waals surface area (Å²) in [6.45, 7) is 5.00. The van der Waals surface area contributed by atoms with Crippen molar-refractivity contribution < 1.29 is 18.9 Å². The fraction of sp³-hybridized carbons (Fsp3) is 0.500. The van der Waals surface area contributed by atoms with Gasteiger partial charge in [0.05, 0.1) is 46.1 Å². The predicted molar refractivity (Wildman–Crippen MR) is 107 cm³/mol. The first-order chi connectivity index (χ1) is 13.3. The number of thiophene rings is 1. The van der Waals surface area contributed by atoms with Crippen molar-refractivity contribution in [3.8, 4) is 17.2 Å². The SMILES string of the molecule is COc1cc(OC)c(CNC[C@H](c2cccs2)N2CCOCC2)c(OC)c1. The summed E-state index contributed by atoms with van der Waals surface area (Å²) in [5, 5.41) is 5.73. The van der Waals surface area contributed by atoms with Crippen LogP contribution < -0.4 is 19.5 Å². The molecule has 6 nitrogen and oxygen atoms in total. The molecule has 1 atom stereocenters. The van der Waals surface area contributed by atoms with Crippen molar-refractivity contribution in [3.05, 3.63) is 40.1 Å². The molecule has 27 heavy (non-hydrogen) atoms. The fourth-order valence-corrected chi connectivity index (χ4v) is 4.23. The molecule has 7 heteroatoms. The normalized spacial score (nSPS) is 16.1. The van der Waals surface area contributed by atoms with Gasteiger partial charge in [-0.3, -0.25) is 4.90 Å². The molecule has 1 aromatic carbocycles. The Morgan fingerprint density at radius 3 is 2.37 bits per heavy atom. The van der Waals surface area contributed by atoms with E-state index in [4.69, 9.17) is 18.9 Å².